The van der Waals surface area contributed by atoms with E-state index in [1.807, 2.05) is 0 Å². The van der Waals surface area contributed by atoms with E-state index in [1.54, 1.807) is 0 Å². The highest BCUT2D eigenvalue weighted by Crippen LogP contribution is 2.35. The molecule has 6 nitrogen and oxygen atoms in total. The molecule has 0 spiro atoms. The Kier molecular flexibility index (Phi) is 3.78. The van der Waals surface area contributed by atoms with E-state index >= 15 is 0 Å². The van der Waals surface area contributed by atoms with Crippen molar-refractivity contribution in [3.8, 4) is 11.3 Å². The highest BCUT2D eigenvalue weighted by molar-refractivity contribution is 6.25. The molecular formula is C16H10F3N3O3. The number of alkyl halides is 3. The zero-order valence-corrected chi connectivity index (χ0v) is 12.7. The lowest BCUT2D eigenvalue weighted by atomic mass is 9.94. The Morgan fingerprint density at radius 1 is 1.08 bits per heavy atom. The van der Waals surface area contributed by atoms with E-state index < -0.39 is 29.1 Å². The predicted molar refractivity (Wildman–Crippen MR) is 79.4 cm³/mol. The van der Waals surface area contributed by atoms with Crippen molar-refractivity contribution >= 4 is 11.6 Å². The highest BCUT2D eigenvalue weighted by Gasteiger charge is 2.37. The molecule has 0 unspecified atom stereocenters. The van der Waals surface area contributed by atoms with Crippen LogP contribution in [0.4, 0.5) is 13.2 Å². The average Bonchev–Trinajstić information content (AvgIpc) is 2.59. The highest BCUT2D eigenvalue weighted by atomic mass is 19.4. The first-order valence-corrected chi connectivity index (χ1v) is 6.92. The summed E-state index contributed by atoms with van der Waals surface area (Å²) in [5.41, 5.74) is 3.14. The number of carbonyl (C=O) groups excluding carboxylic acids is 2. The van der Waals surface area contributed by atoms with Crippen molar-refractivity contribution in [1.29, 1.82) is 0 Å². The first kappa shape index (κ1) is 16.6. The Balaban J connectivity index is 2.19. The minimum Gasteiger partial charge on any atom is -0.491 e. The fourth-order valence-electron chi connectivity index (χ4n) is 2.48. The first-order chi connectivity index (χ1) is 11.8. The van der Waals surface area contributed by atoms with Crippen molar-refractivity contribution in [3.05, 3.63) is 58.9 Å². The molecule has 0 bridgehead atoms. The SMILES string of the molecule is COC1=C(N)C(=O)c2nc(-c3cccnc3C(F)(F)F)ccc2C1=O. The number of ether oxygens (including phenoxy) is 1. The second kappa shape index (κ2) is 5.69. The smallest absolute Gasteiger partial charge is 0.434 e. The molecule has 2 heterocycles. The molecule has 2 aromatic rings. The van der Waals surface area contributed by atoms with Crippen LogP contribution in [0.15, 0.2) is 41.9 Å². The van der Waals surface area contributed by atoms with Crippen molar-refractivity contribution in [2.75, 3.05) is 7.11 Å². The third kappa shape index (κ3) is 2.63. The van der Waals surface area contributed by atoms with Gasteiger partial charge < -0.3 is 10.5 Å². The van der Waals surface area contributed by atoms with Gasteiger partial charge in [0, 0.05) is 11.8 Å². The summed E-state index contributed by atoms with van der Waals surface area (Å²) in [6, 6.07) is 4.93. The second-order valence-electron chi connectivity index (χ2n) is 5.10. The maximum Gasteiger partial charge on any atom is 0.434 e. The number of carbonyl (C=O) groups is 2. The van der Waals surface area contributed by atoms with E-state index in [0.717, 1.165) is 6.20 Å². The number of nitrogens with zero attached hydrogens (tertiary/aromatic N) is 2. The van der Waals surface area contributed by atoms with E-state index in [1.165, 1.54) is 31.4 Å². The van der Waals surface area contributed by atoms with Gasteiger partial charge in [-0.1, -0.05) is 0 Å². The van der Waals surface area contributed by atoms with Crippen LogP contribution < -0.4 is 5.73 Å². The lowest BCUT2D eigenvalue weighted by molar-refractivity contribution is -0.140. The van der Waals surface area contributed by atoms with Crippen LogP contribution in [0.1, 0.15) is 26.5 Å². The van der Waals surface area contributed by atoms with Gasteiger partial charge in [0.1, 0.15) is 11.4 Å². The summed E-state index contributed by atoms with van der Waals surface area (Å²) in [6.07, 6.45) is -3.69. The van der Waals surface area contributed by atoms with Gasteiger partial charge in [-0.2, -0.15) is 13.2 Å². The van der Waals surface area contributed by atoms with E-state index in [4.69, 9.17) is 10.5 Å². The third-order valence-electron chi connectivity index (χ3n) is 3.61. The van der Waals surface area contributed by atoms with E-state index in [2.05, 4.69) is 9.97 Å². The van der Waals surface area contributed by atoms with Crippen LogP contribution in [0.5, 0.6) is 0 Å². The molecule has 25 heavy (non-hydrogen) atoms. The number of halogens is 3. The number of methoxy groups -OCH3 is 1. The molecule has 9 heteroatoms. The quantitative estimate of drug-likeness (QED) is 0.894. The van der Waals surface area contributed by atoms with Gasteiger partial charge in [0.15, 0.2) is 11.5 Å². The Morgan fingerprint density at radius 3 is 2.44 bits per heavy atom. The fourth-order valence-corrected chi connectivity index (χ4v) is 2.48. The van der Waals surface area contributed by atoms with Crippen LogP contribution >= 0.6 is 0 Å². The molecule has 128 valence electrons. The molecule has 2 aromatic heterocycles. The first-order valence-electron chi connectivity index (χ1n) is 6.92. The van der Waals surface area contributed by atoms with Crippen molar-refractivity contribution < 1.29 is 27.5 Å². The van der Waals surface area contributed by atoms with Crippen LogP contribution in [-0.2, 0) is 10.9 Å². The van der Waals surface area contributed by atoms with Crippen LogP contribution in [-0.4, -0.2) is 28.6 Å². The van der Waals surface area contributed by atoms with Gasteiger partial charge in [-0.25, -0.2) is 4.98 Å². The molecule has 0 amide bonds. The van der Waals surface area contributed by atoms with E-state index in [0.29, 0.717) is 0 Å². The molecular weight excluding hydrogens is 339 g/mol. The number of hydrogen-bond acceptors (Lipinski definition) is 6. The summed E-state index contributed by atoms with van der Waals surface area (Å²) >= 11 is 0. The molecule has 0 aromatic carbocycles. The molecule has 0 atom stereocenters. The van der Waals surface area contributed by atoms with Crippen LogP contribution in [0.2, 0.25) is 0 Å². The van der Waals surface area contributed by atoms with Gasteiger partial charge in [0.25, 0.3) is 0 Å². The van der Waals surface area contributed by atoms with E-state index in [-0.39, 0.29) is 28.3 Å². The number of ketones is 2. The average molecular weight is 349 g/mol. The topological polar surface area (TPSA) is 95.2 Å². The van der Waals surface area contributed by atoms with Gasteiger partial charge in [-0.15, -0.1) is 0 Å². The second-order valence-corrected chi connectivity index (χ2v) is 5.10. The van der Waals surface area contributed by atoms with Gasteiger partial charge in [0.2, 0.25) is 11.6 Å². The predicted octanol–water partition coefficient (Wildman–Crippen LogP) is 2.36. The fraction of sp³-hybridized carbons (Fsp3) is 0.125. The van der Waals surface area contributed by atoms with E-state index in [9.17, 15) is 22.8 Å². The molecule has 0 radical (unpaired) electrons. The van der Waals surface area contributed by atoms with Gasteiger partial charge >= 0.3 is 6.18 Å². The lowest BCUT2D eigenvalue weighted by Gasteiger charge is -2.18. The number of pyridine rings is 2. The van der Waals surface area contributed by atoms with Crippen LogP contribution in [0.25, 0.3) is 11.3 Å². The maximum absolute atomic E-state index is 13.1. The number of Topliss-reactive ketones (excluding diaryl/α,β-unsaturated/α-hetero) is 2. The summed E-state index contributed by atoms with van der Waals surface area (Å²) in [5, 5.41) is 0. The zero-order chi connectivity index (χ0) is 18.4. The number of aromatic nitrogens is 2. The molecule has 0 aliphatic heterocycles. The number of hydrogen-bond donors (Lipinski definition) is 1. The summed E-state index contributed by atoms with van der Waals surface area (Å²) in [6.45, 7) is 0. The van der Waals surface area contributed by atoms with Gasteiger partial charge in [0.05, 0.1) is 18.4 Å². The minimum absolute atomic E-state index is 0.0859. The van der Waals surface area contributed by atoms with Crippen molar-refractivity contribution in [3.63, 3.8) is 0 Å². The Labute approximate surface area is 139 Å². The number of nitrogens with two attached hydrogens (primary N) is 1. The number of rotatable bonds is 2. The Bertz CT molecular complexity index is 936. The largest absolute Gasteiger partial charge is 0.491 e. The Morgan fingerprint density at radius 2 is 1.80 bits per heavy atom. The minimum atomic E-state index is -4.70. The maximum atomic E-state index is 13.1. The summed E-state index contributed by atoms with van der Waals surface area (Å²) in [5.74, 6) is -1.76. The van der Waals surface area contributed by atoms with Crippen molar-refractivity contribution in [1.82, 2.24) is 9.97 Å². The molecule has 3 rings (SSSR count). The molecule has 1 aliphatic rings. The molecule has 0 saturated heterocycles. The molecule has 0 fully saturated rings. The molecule has 2 N–H and O–H groups in total. The third-order valence-corrected chi connectivity index (χ3v) is 3.61. The normalized spacial score (nSPS) is 14.6. The van der Waals surface area contributed by atoms with Crippen molar-refractivity contribution in [2.45, 2.75) is 6.18 Å². The van der Waals surface area contributed by atoms with Gasteiger partial charge in [-0.3, -0.25) is 14.6 Å². The standard InChI is InChI=1S/C16H10F3N3O3/c1-25-14-10(20)13(24)11-8(12(14)23)4-5-9(22-11)7-3-2-6-21-15(7)16(17,18)19/h2-6H,20H2,1H3. The molecule has 1 aliphatic carbocycles. The summed E-state index contributed by atoms with van der Waals surface area (Å²) in [4.78, 5) is 31.8. The van der Waals surface area contributed by atoms with Gasteiger partial charge in [-0.05, 0) is 24.3 Å². The number of fused-ring (bicyclic) bond motifs is 1. The monoisotopic (exact) mass is 349 g/mol. The van der Waals surface area contributed by atoms with Crippen LogP contribution in [0.3, 0.4) is 0 Å². The summed E-state index contributed by atoms with van der Waals surface area (Å²) < 4.78 is 44.2. The van der Waals surface area contributed by atoms with Crippen LogP contribution in [0, 0.1) is 0 Å². The lowest BCUT2D eigenvalue weighted by Crippen LogP contribution is -2.28. The summed E-state index contributed by atoms with van der Waals surface area (Å²) in [7, 11) is 1.19. The Hall–Kier alpha value is -3.23. The number of allylic oxidation sites excluding steroid dienone is 2. The molecule has 0 saturated carbocycles. The van der Waals surface area contributed by atoms with Crippen molar-refractivity contribution in [2.24, 2.45) is 5.73 Å². The zero-order valence-electron chi connectivity index (χ0n) is 12.7.